The summed E-state index contributed by atoms with van der Waals surface area (Å²) in [4.78, 5) is 24.6. The molecule has 1 unspecified atom stereocenters. The molecule has 7 nitrogen and oxygen atoms in total. The SMILES string of the molecule is CCc1cc2c(cc1OCCCOC)OC(C1(C)COC1)C1=C2CCCCC(=O)/C(C(=O)O)=C\1. The number of methoxy groups -OCH3 is 1. The van der Waals surface area contributed by atoms with Crippen molar-refractivity contribution < 1.29 is 33.6 Å². The lowest BCUT2D eigenvalue weighted by Gasteiger charge is -2.47. The molecule has 1 atom stereocenters. The van der Waals surface area contributed by atoms with Gasteiger partial charge in [0.25, 0.3) is 0 Å². The predicted octanol–water partition coefficient (Wildman–Crippen LogP) is 4.37. The van der Waals surface area contributed by atoms with Crippen LogP contribution in [0.4, 0.5) is 0 Å². The summed E-state index contributed by atoms with van der Waals surface area (Å²) in [5, 5.41) is 9.80. The van der Waals surface area contributed by atoms with Gasteiger partial charge in [-0.1, -0.05) is 13.8 Å². The number of ketones is 1. The maximum absolute atomic E-state index is 12.7. The highest BCUT2D eigenvalue weighted by molar-refractivity contribution is 6.17. The second-order valence-corrected chi connectivity index (χ2v) is 9.58. The van der Waals surface area contributed by atoms with Gasteiger partial charge in [-0.25, -0.2) is 4.79 Å². The Balaban J connectivity index is 1.84. The number of rotatable bonds is 8. The van der Waals surface area contributed by atoms with Crippen LogP contribution in [0.3, 0.4) is 0 Å². The number of hydrogen-bond donors (Lipinski definition) is 1. The summed E-state index contributed by atoms with van der Waals surface area (Å²) in [5.74, 6) is 0.0315. The zero-order valence-electron chi connectivity index (χ0n) is 20.3. The van der Waals surface area contributed by atoms with E-state index in [9.17, 15) is 14.7 Å². The molecule has 34 heavy (non-hydrogen) atoms. The Morgan fingerprint density at radius 2 is 1.97 bits per heavy atom. The minimum atomic E-state index is -1.19. The molecule has 0 bridgehead atoms. The first-order valence-corrected chi connectivity index (χ1v) is 12.1. The first kappa shape index (κ1) is 24.5. The van der Waals surface area contributed by atoms with Crippen molar-refractivity contribution >= 4 is 17.3 Å². The summed E-state index contributed by atoms with van der Waals surface area (Å²) in [6, 6.07) is 4.08. The number of carbonyl (C=O) groups is 2. The smallest absolute Gasteiger partial charge is 0.339 e. The van der Waals surface area contributed by atoms with Crippen LogP contribution in [0.15, 0.2) is 29.4 Å². The van der Waals surface area contributed by atoms with Gasteiger partial charge in [-0.3, -0.25) is 4.79 Å². The van der Waals surface area contributed by atoms with Crippen molar-refractivity contribution in [1.82, 2.24) is 0 Å². The number of Topliss-reactive ketones (excluding diaryl/α,β-unsaturated/α-hetero) is 1. The van der Waals surface area contributed by atoms with Crippen LogP contribution < -0.4 is 9.47 Å². The highest BCUT2D eigenvalue weighted by Crippen LogP contribution is 2.48. The molecular weight excluding hydrogens is 436 g/mol. The Hall–Kier alpha value is -2.64. The van der Waals surface area contributed by atoms with Crippen molar-refractivity contribution in [3.05, 3.63) is 40.5 Å². The maximum Gasteiger partial charge on any atom is 0.339 e. The first-order valence-electron chi connectivity index (χ1n) is 12.1. The van der Waals surface area contributed by atoms with E-state index < -0.39 is 12.1 Å². The molecule has 1 fully saturated rings. The van der Waals surface area contributed by atoms with Crippen molar-refractivity contribution in [2.24, 2.45) is 5.41 Å². The Morgan fingerprint density at radius 3 is 2.62 bits per heavy atom. The summed E-state index contributed by atoms with van der Waals surface area (Å²) >= 11 is 0. The molecule has 0 radical (unpaired) electrons. The number of carboxylic acid groups (broad SMARTS) is 1. The van der Waals surface area contributed by atoms with E-state index in [-0.39, 0.29) is 23.2 Å². The monoisotopic (exact) mass is 470 g/mol. The maximum atomic E-state index is 12.7. The van der Waals surface area contributed by atoms with Crippen molar-refractivity contribution in [1.29, 1.82) is 0 Å². The largest absolute Gasteiger partial charge is 0.493 e. The van der Waals surface area contributed by atoms with E-state index in [4.69, 9.17) is 18.9 Å². The van der Waals surface area contributed by atoms with Gasteiger partial charge in [0.05, 0.1) is 25.2 Å². The number of carboxylic acids is 1. The minimum absolute atomic E-state index is 0.163. The predicted molar refractivity (Wildman–Crippen MR) is 127 cm³/mol. The van der Waals surface area contributed by atoms with E-state index in [1.54, 1.807) is 13.2 Å². The molecule has 0 amide bonds. The lowest BCUT2D eigenvalue weighted by molar-refractivity contribution is -0.143. The van der Waals surface area contributed by atoms with Gasteiger partial charge in [0.15, 0.2) is 5.78 Å². The van der Waals surface area contributed by atoms with E-state index in [1.165, 1.54) is 0 Å². The third-order valence-corrected chi connectivity index (χ3v) is 6.90. The lowest BCUT2D eigenvalue weighted by atomic mass is 9.74. The van der Waals surface area contributed by atoms with Crippen LogP contribution >= 0.6 is 0 Å². The molecule has 0 aromatic heterocycles. The number of aliphatic carboxylic acids is 1. The standard InChI is InChI=1S/C27H34O7/c1-4-17-12-19-18-8-5-6-9-22(28)21(26(29)30)13-20(18)25(27(2)15-32-16-27)34-24(19)14-23(17)33-11-7-10-31-3/h12-14,25H,4-11,15-16H2,1-3H3,(H,29,30)/b21-13+. The molecule has 4 rings (SSSR count). The zero-order valence-corrected chi connectivity index (χ0v) is 20.3. The van der Waals surface area contributed by atoms with E-state index in [0.29, 0.717) is 32.8 Å². The topological polar surface area (TPSA) is 91.3 Å². The zero-order chi connectivity index (χ0) is 24.3. The van der Waals surface area contributed by atoms with Gasteiger partial charge in [0, 0.05) is 38.2 Å². The summed E-state index contributed by atoms with van der Waals surface area (Å²) in [5.41, 5.74) is 3.42. The fourth-order valence-corrected chi connectivity index (χ4v) is 4.91. The molecule has 184 valence electrons. The number of benzene rings is 1. The minimum Gasteiger partial charge on any atom is -0.493 e. The normalized spacial score (nSPS) is 23.2. The van der Waals surface area contributed by atoms with E-state index in [0.717, 1.165) is 59.5 Å². The van der Waals surface area contributed by atoms with Gasteiger partial charge in [-0.15, -0.1) is 0 Å². The number of carbonyl (C=O) groups excluding carboxylic acids is 1. The molecule has 1 saturated heterocycles. The summed E-state index contributed by atoms with van der Waals surface area (Å²) in [6.07, 6.45) is 5.21. The fraction of sp³-hybridized carbons (Fsp3) is 0.556. The van der Waals surface area contributed by atoms with Gasteiger partial charge in [-0.2, -0.15) is 0 Å². The van der Waals surface area contributed by atoms with Crippen LogP contribution in [0.5, 0.6) is 11.5 Å². The van der Waals surface area contributed by atoms with Crippen LogP contribution in [-0.4, -0.2) is 56.5 Å². The van der Waals surface area contributed by atoms with Crippen molar-refractivity contribution in [3.63, 3.8) is 0 Å². The molecule has 7 heteroatoms. The first-order chi connectivity index (χ1) is 16.4. The molecule has 1 aromatic carbocycles. The van der Waals surface area contributed by atoms with Crippen LogP contribution in [0.2, 0.25) is 0 Å². The number of aryl methyl sites for hydroxylation is 1. The van der Waals surface area contributed by atoms with Crippen molar-refractivity contribution in [3.8, 4) is 11.5 Å². The fourth-order valence-electron chi connectivity index (χ4n) is 4.91. The Morgan fingerprint density at radius 1 is 1.21 bits per heavy atom. The quantitative estimate of drug-likeness (QED) is 0.446. The Bertz CT molecular complexity index is 1020. The van der Waals surface area contributed by atoms with Gasteiger partial charge >= 0.3 is 5.97 Å². The van der Waals surface area contributed by atoms with Crippen LogP contribution in [0.1, 0.15) is 57.1 Å². The third kappa shape index (κ3) is 4.77. The van der Waals surface area contributed by atoms with E-state index in [1.807, 2.05) is 6.07 Å². The molecule has 3 aliphatic rings. The molecule has 0 saturated carbocycles. The van der Waals surface area contributed by atoms with Gasteiger partial charge in [0.1, 0.15) is 23.2 Å². The molecule has 2 aliphatic heterocycles. The second-order valence-electron chi connectivity index (χ2n) is 9.58. The number of allylic oxidation sites excluding steroid dienone is 1. The average molecular weight is 471 g/mol. The van der Waals surface area contributed by atoms with Crippen LogP contribution in [0.25, 0.3) is 5.57 Å². The molecule has 0 spiro atoms. The number of hydrogen-bond acceptors (Lipinski definition) is 6. The van der Waals surface area contributed by atoms with E-state index >= 15 is 0 Å². The van der Waals surface area contributed by atoms with Gasteiger partial charge in [-0.05, 0) is 54.5 Å². The van der Waals surface area contributed by atoms with Gasteiger partial charge in [0.2, 0.25) is 0 Å². The number of fused-ring (bicyclic) bond motifs is 2. The second kappa shape index (κ2) is 10.3. The number of ether oxygens (including phenoxy) is 4. The molecule has 1 N–H and O–H groups in total. The van der Waals surface area contributed by atoms with Crippen LogP contribution in [0, 0.1) is 5.41 Å². The molecule has 1 aromatic rings. The van der Waals surface area contributed by atoms with Gasteiger partial charge < -0.3 is 24.1 Å². The Kier molecular flexibility index (Phi) is 7.43. The summed E-state index contributed by atoms with van der Waals surface area (Å²) in [7, 11) is 1.68. The third-order valence-electron chi connectivity index (χ3n) is 6.90. The van der Waals surface area contributed by atoms with Crippen molar-refractivity contribution in [2.45, 2.75) is 58.5 Å². The summed E-state index contributed by atoms with van der Waals surface area (Å²) < 4.78 is 23.3. The van der Waals surface area contributed by atoms with E-state index in [2.05, 4.69) is 19.9 Å². The average Bonchev–Trinajstić information content (AvgIpc) is 2.88. The summed E-state index contributed by atoms with van der Waals surface area (Å²) in [6.45, 7) is 6.39. The van der Waals surface area contributed by atoms with Crippen LogP contribution in [-0.2, 0) is 25.5 Å². The highest BCUT2D eigenvalue weighted by Gasteiger charge is 2.47. The van der Waals surface area contributed by atoms with Crippen molar-refractivity contribution in [2.75, 3.05) is 33.5 Å². The molecular formula is C27H34O7. The lowest BCUT2D eigenvalue weighted by Crippen LogP contribution is -2.53. The molecule has 2 heterocycles. The Labute approximate surface area is 200 Å². The molecule has 1 aliphatic carbocycles. The highest BCUT2D eigenvalue weighted by atomic mass is 16.5.